The van der Waals surface area contributed by atoms with Gasteiger partial charge < -0.3 is 14.9 Å². The third-order valence-electron chi connectivity index (χ3n) is 10.9. The number of benzene rings is 8. The summed E-state index contributed by atoms with van der Waals surface area (Å²) in [7, 11) is -2.74. The maximum absolute atomic E-state index is 5.08. The lowest BCUT2D eigenvalue weighted by Crippen LogP contribution is -2.74. The van der Waals surface area contributed by atoms with Crippen LogP contribution in [0.15, 0.2) is 228 Å². The van der Waals surface area contributed by atoms with Gasteiger partial charge in [-0.05, 0) is 61.7 Å². The van der Waals surface area contributed by atoms with Crippen molar-refractivity contribution in [3.05, 3.63) is 240 Å². The van der Waals surface area contributed by atoms with E-state index in [1.165, 1.54) is 42.6 Å². The minimum Gasteiger partial charge on any atom is -0.438 e. The molecule has 1 unspecified atom stereocenters. The lowest BCUT2D eigenvalue weighted by atomic mass is 10.1. The molecule has 5 heteroatoms. The normalized spacial score (nSPS) is 14.2. The van der Waals surface area contributed by atoms with Crippen molar-refractivity contribution in [1.82, 2.24) is 4.57 Å². The summed E-state index contributed by atoms with van der Waals surface area (Å²) < 4.78 is 2.42. The van der Waals surface area contributed by atoms with Crippen LogP contribution in [-0.2, 0) is 0 Å². The van der Waals surface area contributed by atoms with E-state index in [2.05, 4.69) is 187 Å². The Balaban J connectivity index is 1.15. The SMILES string of the molecule is c1ccc(C2=NC(c3ccc(-n4c5ccccc5c5ccc([Si](c6ccccc6)(c6ccccc6)c6ccccc6)cc54)cc3)=NC(c3ccccc3)[N-]2)cc1. The molecule has 2 heterocycles. The Hall–Kier alpha value is -7.08. The lowest BCUT2D eigenvalue weighted by molar-refractivity contribution is 0.878. The Morgan fingerprint density at radius 1 is 0.429 bits per heavy atom. The van der Waals surface area contributed by atoms with Crippen molar-refractivity contribution in [3.63, 3.8) is 0 Å². The summed E-state index contributed by atoms with van der Waals surface area (Å²) >= 11 is 0. The first-order chi connectivity index (χ1) is 27.8. The van der Waals surface area contributed by atoms with Crippen molar-refractivity contribution in [2.75, 3.05) is 0 Å². The van der Waals surface area contributed by atoms with Gasteiger partial charge in [0, 0.05) is 16.5 Å². The molecule has 1 aliphatic rings. The first-order valence-corrected chi connectivity index (χ1v) is 21.1. The van der Waals surface area contributed by atoms with Gasteiger partial charge in [-0.25, -0.2) is 0 Å². The number of amidine groups is 2. The summed E-state index contributed by atoms with van der Waals surface area (Å²) in [5.41, 5.74) is 6.38. The second-order valence-electron chi connectivity index (χ2n) is 14.1. The van der Waals surface area contributed by atoms with Gasteiger partial charge in [0.05, 0.1) is 23.0 Å². The molecule has 1 aliphatic heterocycles. The Labute approximate surface area is 327 Å². The maximum Gasteiger partial charge on any atom is 0.179 e. The maximum atomic E-state index is 5.08. The number of para-hydroxylation sites is 1. The predicted molar refractivity (Wildman–Crippen MR) is 236 cm³/mol. The summed E-state index contributed by atoms with van der Waals surface area (Å²) in [6.07, 6.45) is -0.377. The summed E-state index contributed by atoms with van der Waals surface area (Å²) in [6, 6.07) is 78.4. The zero-order chi connectivity index (χ0) is 37.3. The lowest BCUT2D eigenvalue weighted by Gasteiger charge is -2.34. The quantitative estimate of drug-likeness (QED) is 0.110. The van der Waals surface area contributed by atoms with E-state index in [0.29, 0.717) is 11.7 Å². The van der Waals surface area contributed by atoms with E-state index >= 15 is 0 Å². The minimum absolute atomic E-state index is 0.377. The Morgan fingerprint density at radius 2 is 0.946 bits per heavy atom. The average Bonchev–Trinajstić information content (AvgIpc) is 3.62. The van der Waals surface area contributed by atoms with Gasteiger partial charge in [0.25, 0.3) is 0 Å². The Bertz CT molecular complexity index is 2750. The van der Waals surface area contributed by atoms with Crippen molar-refractivity contribution in [3.8, 4) is 5.69 Å². The summed E-state index contributed by atoms with van der Waals surface area (Å²) in [6.45, 7) is 0. The molecule has 4 nitrogen and oxygen atoms in total. The van der Waals surface area contributed by atoms with Gasteiger partial charge in [0.2, 0.25) is 0 Å². The van der Waals surface area contributed by atoms with Crippen LogP contribution in [0.2, 0.25) is 0 Å². The van der Waals surface area contributed by atoms with Crippen molar-refractivity contribution in [2.45, 2.75) is 6.17 Å². The molecule has 1 aromatic heterocycles. The van der Waals surface area contributed by atoms with E-state index in [0.717, 1.165) is 22.4 Å². The largest absolute Gasteiger partial charge is 0.438 e. The van der Waals surface area contributed by atoms with E-state index in [1.807, 2.05) is 36.4 Å². The Kier molecular flexibility index (Phi) is 8.54. The number of rotatable bonds is 8. The first kappa shape index (κ1) is 33.5. The highest BCUT2D eigenvalue weighted by atomic mass is 28.3. The molecule has 0 radical (unpaired) electrons. The Morgan fingerprint density at radius 3 is 1.55 bits per heavy atom. The van der Waals surface area contributed by atoms with Crippen molar-refractivity contribution >= 4 is 62.3 Å². The molecule has 10 rings (SSSR count). The van der Waals surface area contributed by atoms with Crippen molar-refractivity contribution in [1.29, 1.82) is 0 Å². The first-order valence-electron chi connectivity index (χ1n) is 19.1. The second-order valence-corrected chi connectivity index (χ2v) is 18.0. The highest BCUT2D eigenvalue weighted by Gasteiger charge is 2.41. The molecule has 56 heavy (non-hydrogen) atoms. The molecule has 0 amide bonds. The monoisotopic (exact) mass is 733 g/mol. The molecule has 9 aromatic rings. The number of aromatic nitrogens is 1. The third kappa shape index (κ3) is 5.77. The molecule has 0 aliphatic carbocycles. The van der Waals surface area contributed by atoms with Gasteiger partial charge in [-0.1, -0.05) is 200 Å². The highest BCUT2D eigenvalue weighted by molar-refractivity contribution is 7.20. The summed E-state index contributed by atoms with van der Waals surface area (Å²) in [5, 5.41) is 12.8. The smallest absolute Gasteiger partial charge is 0.179 e. The van der Waals surface area contributed by atoms with Crippen LogP contribution in [0.25, 0.3) is 32.8 Å². The number of fused-ring (bicyclic) bond motifs is 3. The second kappa shape index (κ2) is 14.3. The van der Waals surface area contributed by atoms with Gasteiger partial charge in [0.1, 0.15) is 0 Å². The van der Waals surface area contributed by atoms with E-state index in [4.69, 9.17) is 15.3 Å². The zero-order valence-corrected chi connectivity index (χ0v) is 31.7. The van der Waals surface area contributed by atoms with E-state index in [1.54, 1.807) is 0 Å². The van der Waals surface area contributed by atoms with Crippen LogP contribution in [0.1, 0.15) is 22.9 Å². The van der Waals surface area contributed by atoms with Gasteiger partial charge in [-0.3, -0.25) is 4.99 Å². The summed E-state index contributed by atoms with van der Waals surface area (Å²) in [5.74, 6) is 1.36. The van der Waals surface area contributed by atoms with Gasteiger partial charge in [0.15, 0.2) is 8.07 Å². The van der Waals surface area contributed by atoms with Crippen LogP contribution >= 0.6 is 0 Å². The molecule has 0 saturated heterocycles. The van der Waals surface area contributed by atoms with Crippen LogP contribution in [0.5, 0.6) is 0 Å². The van der Waals surface area contributed by atoms with Crippen molar-refractivity contribution in [2.24, 2.45) is 9.98 Å². The fourth-order valence-corrected chi connectivity index (χ4v) is 13.1. The minimum atomic E-state index is -2.74. The molecule has 266 valence electrons. The highest BCUT2D eigenvalue weighted by Crippen LogP contribution is 2.34. The molecule has 8 aromatic carbocycles. The number of hydrogen-bond acceptors (Lipinski definition) is 2. The van der Waals surface area contributed by atoms with Crippen LogP contribution in [0.3, 0.4) is 0 Å². The third-order valence-corrected chi connectivity index (χ3v) is 15.7. The fraction of sp³-hybridized carbons (Fsp3) is 0.0196. The molecule has 0 saturated carbocycles. The van der Waals surface area contributed by atoms with Crippen LogP contribution < -0.4 is 20.7 Å². The molecule has 1 atom stereocenters. The van der Waals surface area contributed by atoms with Crippen LogP contribution in [-0.4, -0.2) is 24.3 Å². The zero-order valence-electron chi connectivity index (χ0n) is 30.7. The number of nitrogens with zero attached hydrogens (tertiary/aromatic N) is 4. The number of aliphatic imine (C=N–C) groups is 2. The fourth-order valence-electron chi connectivity index (χ4n) is 8.36. The van der Waals surface area contributed by atoms with Gasteiger partial charge in [-0.2, -0.15) is 0 Å². The van der Waals surface area contributed by atoms with Crippen LogP contribution in [0, 0.1) is 0 Å². The molecule has 0 N–H and O–H groups in total. The summed E-state index contributed by atoms with van der Waals surface area (Å²) in [4.78, 5) is 10.1. The van der Waals surface area contributed by atoms with E-state index < -0.39 is 8.07 Å². The predicted octanol–water partition coefficient (Wildman–Crippen LogP) is 9.44. The molecule has 0 bridgehead atoms. The number of hydrogen-bond donors (Lipinski definition) is 0. The van der Waals surface area contributed by atoms with Crippen molar-refractivity contribution < 1.29 is 0 Å². The standard InChI is InChI=1S/C51H37N4Si/c1-6-18-37(19-7-1)49-52-50(38-20-8-2-9-21-38)54-51(53-49)39-30-32-40(33-31-39)55-47-29-17-16-28-45(47)46-35-34-44(36-48(46)55)56(41-22-10-3-11-23-41,42-24-12-4-13-25-42)43-26-14-5-15-27-43/h1-36,49H/q-1. The molecule has 0 spiro atoms. The van der Waals surface area contributed by atoms with E-state index in [-0.39, 0.29) is 6.17 Å². The van der Waals surface area contributed by atoms with Crippen LogP contribution in [0.4, 0.5) is 0 Å². The van der Waals surface area contributed by atoms with E-state index in [9.17, 15) is 0 Å². The molecular weight excluding hydrogens is 697 g/mol. The molecule has 0 fully saturated rings. The van der Waals surface area contributed by atoms with Gasteiger partial charge in [-0.15, -0.1) is 0 Å². The topological polar surface area (TPSA) is 43.8 Å². The van der Waals surface area contributed by atoms with Gasteiger partial charge >= 0.3 is 0 Å². The average molecular weight is 734 g/mol. The molecular formula is C51H37N4Si-.